The van der Waals surface area contributed by atoms with Crippen molar-refractivity contribution < 1.29 is 22.7 Å². The highest BCUT2D eigenvalue weighted by molar-refractivity contribution is 7.92. The van der Waals surface area contributed by atoms with Crippen molar-refractivity contribution in [1.82, 2.24) is 5.32 Å². The van der Waals surface area contributed by atoms with E-state index in [1.807, 2.05) is 0 Å². The summed E-state index contributed by atoms with van der Waals surface area (Å²) in [6.45, 7) is 0.576. The summed E-state index contributed by atoms with van der Waals surface area (Å²) in [5.74, 6) is 0.946. The Kier molecular flexibility index (Phi) is 7.38. The first-order valence-corrected chi connectivity index (χ1v) is 11.2. The molecule has 162 valence electrons. The van der Waals surface area contributed by atoms with E-state index in [9.17, 15) is 13.2 Å². The van der Waals surface area contributed by atoms with E-state index >= 15 is 0 Å². The minimum atomic E-state index is -3.78. The summed E-state index contributed by atoms with van der Waals surface area (Å²) in [5.41, 5.74) is 0.748. The fourth-order valence-electron chi connectivity index (χ4n) is 2.62. The number of methoxy groups -OCH3 is 1. The largest absolute Gasteiger partial charge is 0.497 e. The van der Waals surface area contributed by atoms with Gasteiger partial charge in [0.05, 0.1) is 18.6 Å². The number of ether oxygens (including phenoxy) is 2. The van der Waals surface area contributed by atoms with Gasteiger partial charge in [-0.2, -0.15) is 0 Å². The number of carbonyl (C=O) groups excluding carboxylic acids is 1. The summed E-state index contributed by atoms with van der Waals surface area (Å²) in [4.78, 5) is 12.3. The Morgan fingerprint density at radius 2 is 1.52 bits per heavy atom. The number of amides is 1. The van der Waals surface area contributed by atoms with Crippen molar-refractivity contribution >= 4 is 33.2 Å². The fraction of sp³-hybridized carbons (Fsp3) is 0.136. The van der Waals surface area contributed by atoms with E-state index in [1.165, 1.54) is 31.4 Å². The second kappa shape index (κ2) is 10.2. The molecule has 0 atom stereocenters. The lowest BCUT2D eigenvalue weighted by molar-refractivity contribution is 0.0947. The van der Waals surface area contributed by atoms with E-state index in [-0.39, 0.29) is 17.4 Å². The quantitative estimate of drug-likeness (QED) is 0.471. The van der Waals surface area contributed by atoms with Crippen molar-refractivity contribution in [2.24, 2.45) is 0 Å². The minimum absolute atomic E-state index is 0.0472. The third-order valence-electron chi connectivity index (χ3n) is 4.24. The molecule has 1 amide bonds. The summed E-state index contributed by atoms with van der Waals surface area (Å²) >= 11 is 5.81. The fourth-order valence-corrected chi connectivity index (χ4v) is 3.81. The molecule has 0 bridgehead atoms. The lowest BCUT2D eigenvalue weighted by atomic mass is 10.2. The average Bonchev–Trinajstić information content (AvgIpc) is 2.78. The van der Waals surface area contributed by atoms with Crippen LogP contribution >= 0.6 is 11.6 Å². The maximum absolute atomic E-state index is 12.5. The molecule has 9 heteroatoms. The predicted octanol–water partition coefficient (Wildman–Crippen LogP) is 3.96. The van der Waals surface area contributed by atoms with E-state index in [0.717, 1.165) is 0 Å². The van der Waals surface area contributed by atoms with Gasteiger partial charge in [0.25, 0.3) is 15.9 Å². The molecule has 0 unspecified atom stereocenters. The number of sulfonamides is 1. The first-order chi connectivity index (χ1) is 14.9. The van der Waals surface area contributed by atoms with Crippen LogP contribution in [0.1, 0.15) is 10.4 Å². The molecule has 0 aliphatic rings. The van der Waals surface area contributed by atoms with Crippen molar-refractivity contribution in [2.45, 2.75) is 4.90 Å². The van der Waals surface area contributed by atoms with Crippen molar-refractivity contribution in [3.63, 3.8) is 0 Å². The Bertz CT molecular complexity index is 1120. The monoisotopic (exact) mass is 460 g/mol. The number of rotatable bonds is 9. The van der Waals surface area contributed by atoms with Crippen LogP contribution in [0.5, 0.6) is 11.5 Å². The molecule has 3 rings (SSSR count). The SMILES string of the molecule is COc1ccc(NS(=O)(=O)c2ccc(C(=O)NCCOc3ccc(Cl)cc3)cc2)cc1. The van der Waals surface area contributed by atoms with Gasteiger partial charge in [0.1, 0.15) is 18.1 Å². The molecule has 0 aliphatic heterocycles. The summed E-state index contributed by atoms with van der Waals surface area (Å²) in [6, 6.07) is 19.1. The number of hydrogen-bond acceptors (Lipinski definition) is 5. The van der Waals surface area contributed by atoms with Gasteiger partial charge in [0, 0.05) is 16.3 Å². The third-order valence-corrected chi connectivity index (χ3v) is 5.89. The topological polar surface area (TPSA) is 93.7 Å². The van der Waals surface area contributed by atoms with Crippen molar-refractivity contribution in [3.05, 3.63) is 83.4 Å². The molecule has 0 aromatic heterocycles. The second-order valence-corrected chi connectivity index (χ2v) is 8.54. The van der Waals surface area contributed by atoms with Gasteiger partial charge < -0.3 is 14.8 Å². The van der Waals surface area contributed by atoms with Crippen molar-refractivity contribution in [2.75, 3.05) is 25.0 Å². The van der Waals surface area contributed by atoms with E-state index in [2.05, 4.69) is 10.0 Å². The number of anilines is 1. The van der Waals surface area contributed by atoms with E-state index in [1.54, 1.807) is 48.5 Å². The zero-order valence-electron chi connectivity index (χ0n) is 16.7. The standard InChI is InChI=1S/C22H21ClN2O5S/c1-29-19-10-6-18(7-11-19)25-31(27,28)21-12-2-16(3-13-21)22(26)24-14-15-30-20-8-4-17(23)5-9-20/h2-13,25H,14-15H2,1H3,(H,24,26). The maximum Gasteiger partial charge on any atom is 0.261 e. The van der Waals surface area contributed by atoms with Gasteiger partial charge in [-0.25, -0.2) is 8.42 Å². The van der Waals surface area contributed by atoms with E-state index in [0.29, 0.717) is 34.3 Å². The lowest BCUT2D eigenvalue weighted by Gasteiger charge is -2.10. The van der Waals surface area contributed by atoms with Crippen LogP contribution in [0.25, 0.3) is 0 Å². The molecule has 0 radical (unpaired) electrons. The smallest absolute Gasteiger partial charge is 0.261 e. The van der Waals surface area contributed by atoms with Crippen LogP contribution in [0.3, 0.4) is 0 Å². The number of hydrogen-bond donors (Lipinski definition) is 2. The van der Waals surface area contributed by atoms with Crippen LogP contribution < -0.4 is 19.5 Å². The van der Waals surface area contributed by atoms with Gasteiger partial charge in [0.15, 0.2) is 0 Å². The predicted molar refractivity (Wildman–Crippen MR) is 120 cm³/mol. The Morgan fingerprint density at radius 3 is 2.13 bits per heavy atom. The Balaban J connectivity index is 1.53. The molecule has 0 spiro atoms. The van der Waals surface area contributed by atoms with Gasteiger partial charge in [-0.15, -0.1) is 0 Å². The molecule has 0 aliphatic carbocycles. The van der Waals surface area contributed by atoms with Crippen LogP contribution in [-0.4, -0.2) is 34.6 Å². The molecular weight excluding hydrogens is 440 g/mol. The molecule has 0 heterocycles. The average molecular weight is 461 g/mol. The number of halogens is 1. The summed E-state index contributed by atoms with van der Waals surface area (Å²) in [6.07, 6.45) is 0. The van der Waals surface area contributed by atoms with Crippen LogP contribution in [0.2, 0.25) is 5.02 Å². The Morgan fingerprint density at radius 1 is 0.903 bits per heavy atom. The summed E-state index contributed by atoms with van der Waals surface area (Å²) in [5, 5.41) is 3.34. The molecule has 0 fully saturated rings. The molecular formula is C22H21ClN2O5S. The highest BCUT2D eigenvalue weighted by Crippen LogP contribution is 2.20. The number of nitrogens with one attached hydrogen (secondary N) is 2. The van der Waals surface area contributed by atoms with Crippen LogP contribution in [0, 0.1) is 0 Å². The van der Waals surface area contributed by atoms with Gasteiger partial charge in [-0.1, -0.05) is 11.6 Å². The summed E-state index contributed by atoms with van der Waals surface area (Å²) < 4.78 is 38.1. The first kappa shape index (κ1) is 22.5. The highest BCUT2D eigenvalue weighted by atomic mass is 35.5. The minimum Gasteiger partial charge on any atom is -0.497 e. The van der Waals surface area contributed by atoms with Gasteiger partial charge in [0.2, 0.25) is 0 Å². The number of benzene rings is 3. The van der Waals surface area contributed by atoms with Crippen LogP contribution in [0.4, 0.5) is 5.69 Å². The van der Waals surface area contributed by atoms with Gasteiger partial charge in [-0.05, 0) is 72.8 Å². The normalized spacial score (nSPS) is 10.9. The molecule has 3 aromatic rings. The second-order valence-electron chi connectivity index (χ2n) is 6.42. The summed E-state index contributed by atoms with van der Waals surface area (Å²) in [7, 11) is -2.25. The van der Waals surface area contributed by atoms with E-state index < -0.39 is 10.0 Å². The Labute approximate surface area is 186 Å². The molecule has 7 nitrogen and oxygen atoms in total. The molecule has 3 aromatic carbocycles. The van der Waals surface area contributed by atoms with Crippen molar-refractivity contribution in [3.8, 4) is 11.5 Å². The zero-order valence-corrected chi connectivity index (χ0v) is 18.2. The maximum atomic E-state index is 12.5. The van der Waals surface area contributed by atoms with Crippen LogP contribution in [0.15, 0.2) is 77.7 Å². The molecule has 0 saturated carbocycles. The van der Waals surface area contributed by atoms with Gasteiger partial charge in [-0.3, -0.25) is 9.52 Å². The van der Waals surface area contributed by atoms with Crippen LogP contribution in [-0.2, 0) is 10.0 Å². The highest BCUT2D eigenvalue weighted by Gasteiger charge is 2.15. The van der Waals surface area contributed by atoms with Gasteiger partial charge >= 0.3 is 0 Å². The third kappa shape index (κ3) is 6.37. The molecule has 0 saturated heterocycles. The zero-order chi connectivity index (χ0) is 22.3. The lowest BCUT2D eigenvalue weighted by Crippen LogP contribution is -2.28. The van der Waals surface area contributed by atoms with E-state index in [4.69, 9.17) is 21.1 Å². The molecule has 2 N–H and O–H groups in total. The Hall–Kier alpha value is -3.23. The number of carbonyl (C=O) groups is 1. The first-order valence-electron chi connectivity index (χ1n) is 9.31. The molecule has 31 heavy (non-hydrogen) atoms. The van der Waals surface area contributed by atoms with Crippen molar-refractivity contribution in [1.29, 1.82) is 0 Å².